The number of halogens is 1. The molecule has 19 heteroatoms. The van der Waals surface area contributed by atoms with Crippen LogP contribution in [0.25, 0.3) is 22.3 Å². The van der Waals surface area contributed by atoms with Crippen molar-refractivity contribution in [2.45, 2.75) is 87.0 Å². The summed E-state index contributed by atoms with van der Waals surface area (Å²) in [6.45, 7) is 20.3. The summed E-state index contributed by atoms with van der Waals surface area (Å²) in [4.78, 5) is 12.7. The van der Waals surface area contributed by atoms with Crippen LogP contribution in [-0.4, -0.2) is 69.9 Å². The van der Waals surface area contributed by atoms with Gasteiger partial charge in [0.15, 0.2) is 0 Å². The van der Waals surface area contributed by atoms with Gasteiger partial charge in [0.25, 0.3) is 0 Å². The van der Waals surface area contributed by atoms with Crippen molar-refractivity contribution in [3.8, 4) is 22.3 Å². The van der Waals surface area contributed by atoms with Crippen LogP contribution in [0.3, 0.4) is 0 Å². The minimum absolute atomic E-state index is 0.326. The van der Waals surface area contributed by atoms with Gasteiger partial charge in [-0.3, -0.25) is 0 Å². The fourth-order valence-corrected chi connectivity index (χ4v) is 7.15. The maximum atomic E-state index is 5.95. The van der Waals surface area contributed by atoms with Crippen molar-refractivity contribution in [1.29, 1.82) is 0 Å². The number of hydrogen-bond donors (Lipinski definition) is 6. The first-order valence-electron chi connectivity index (χ1n) is 20.9. The molecule has 8 rings (SSSR count). The van der Waals surface area contributed by atoms with E-state index in [1.54, 1.807) is 32.6 Å². The van der Waals surface area contributed by atoms with E-state index in [1.165, 1.54) is 5.56 Å². The summed E-state index contributed by atoms with van der Waals surface area (Å²) < 4.78 is 28.3. The summed E-state index contributed by atoms with van der Waals surface area (Å²) in [7, 11) is 5.06. The van der Waals surface area contributed by atoms with Crippen molar-refractivity contribution in [3.05, 3.63) is 112 Å². The molecular formula is C46H60BBrN12O5. The minimum Gasteiger partial charge on any atom is -0.399 e. The lowest BCUT2D eigenvalue weighted by molar-refractivity contribution is 0.00578. The van der Waals surface area contributed by atoms with E-state index in [2.05, 4.69) is 85.8 Å². The highest BCUT2D eigenvalue weighted by Crippen LogP contribution is 2.37. The van der Waals surface area contributed by atoms with E-state index in [4.69, 9.17) is 34.3 Å². The number of anilines is 6. The highest BCUT2D eigenvalue weighted by atomic mass is 79.9. The van der Waals surface area contributed by atoms with Crippen LogP contribution in [-0.2, 0) is 15.9 Å². The number of pyridine rings is 3. The lowest BCUT2D eigenvalue weighted by Gasteiger charge is -2.32. The van der Waals surface area contributed by atoms with E-state index >= 15 is 0 Å². The standard InChI is InChI=1S/C18H20N4O.C11H18BNO3.C11H14N4O.C6H8BrN3/c1-12-17(13(2)23-22-12)15-9-16(18(19-3)21-11-15)20-10-14-7-5-4-6-8-14;1-7-9(8(2)14-13-7)12-15-10(3,4)11(5,6)16-12;1-6-10(7(2)16-15-6)8-4-9(12)11(13-3)14-5-8;1-9-6-5(8)2-4(7)3-10-6/h4-9,11,20H,10H2,1-3H3,(H,19,21);1-6H3;4-5H,12H2,1-3H3,(H,13,14);2-3H,8H2,1H3,(H,9,10). The molecule has 1 fully saturated rings. The van der Waals surface area contributed by atoms with Gasteiger partial charge in [0, 0.05) is 78.5 Å². The van der Waals surface area contributed by atoms with E-state index in [0.29, 0.717) is 23.0 Å². The van der Waals surface area contributed by atoms with Crippen molar-refractivity contribution in [1.82, 2.24) is 30.4 Å². The average Bonchev–Trinajstić information content (AvgIpc) is 3.97. The molecule has 65 heavy (non-hydrogen) atoms. The summed E-state index contributed by atoms with van der Waals surface area (Å²) in [5.41, 5.74) is 21.6. The number of rotatable bonds is 9. The highest BCUT2D eigenvalue weighted by molar-refractivity contribution is 9.10. The SMILES string of the molecule is CNc1ncc(-c2c(C)noc2C)cc1N.CNc1ncc(-c2c(C)noc2C)cc1NCc1ccccc1.CNc1ncc(Br)cc1N.Cc1noc(C)c1B1OC(C)(C)C(C)(C)O1. The first-order valence-corrected chi connectivity index (χ1v) is 21.7. The molecule has 0 atom stereocenters. The Balaban J connectivity index is 0.000000169. The number of nitrogens with two attached hydrogens (primary N) is 2. The molecular weight excluding hydrogens is 891 g/mol. The average molecular weight is 952 g/mol. The topological polar surface area (TPSA) is 235 Å². The van der Waals surface area contributed by atoms with Gasteiger partial charge in [-0.1, -0.05) is 45.8 Å². The Bertz CT molecular complexity index is 2590. The Morgan fingerprint density at radius 2 is 1.06 bits per heavy atom. The van der Waals surface area contributed by atoms with Crippen molar-refractivity contribution in [2.75, 3.05) is 53.9 Å². The monoisotopic (exact) mass is 950 g/mol. The first-order chi connectivity index (χ1) is 30.8. The maximum Gasteiger partial charge on any atom is 0.500 e. The number of benzene rings is 1. The van der Waals surface area contributed by atoms with Crippen LogP contribution in [0.4, 0.5) is 34.5 Å². The van der Waals surface area contributed by atoms with Gasteiger partial charge in [-0.05, 0) is 109 Å². The molecule has 1 aliphatic rings. The molecule has 0 spiro atoms. The molecule has 0 unspecified atom stereocenters. The van der Waals surface area contributed by atoms with Crippen molar-refractivity contribution in [2.24, 2.45) is 0 Å². The predicted molar refractivity (Wildman–Crippen MR) is 263 cm³/mol. The molecule has 0 amide bonds. The van der Waals surface area contributed by atoms with Crippen molar-refractivity contribution in [3.63, 3.8) is 0 Å². The number of aryl methyl sites for hydroxylation is 6. The number of nitrogens with zero attached hydrogens (tertiary/aromatic N) is 6. The van der Waals surface area contributed by atoms with Gasteiger partial charge in [-0.15, -0.1) is 0 Å². The van der Waals surface area contributed by atoms with Crippen LogP contribution in [0.15, 0.2) is 85.2 Å². The summed E-state index contributed by atoms with van der Waals surface area (Å²) in [5.74, 6) is 4.54. The number of nitrogen functional groups attached to an aromatic ring is 2. The molecule has 8 N–H and O–H groups in total. The molecule has 0 radical (unpaired) electrons. The second-order valence-electron chi connectivity index (χ2n) is 16.2. The highest BCUT2D eigenvalue weighted by Gasteiger charge is 2.53. The third kappa shape index (κ3) is 12.0. The van der Waals surface area contributed by atoms with Crippen LogP contribution in [0.2, 0.25) is 0 Å². The quantitative estimate of drug-likeness (QED) is 0.0740. The zero-order chi connectivity index (χ0) is 47.6. The third-order valence-electron chi connectivity index (χ3n) is 10.9. The van der Waals surface area contributed by atoms with Crippen LogP contribution >= 0.6 is 15.9 Å². The first kappa shape index (κ1) is 49.6. The zero-order valence-electron chi connectivity index (χ0n) is 39.4. The van der Waals surface area contributed by atoms with Crippen LogP contribution in [0.5, 0.6) is 0 Å². The van der Waals surface area contributed by atoms with Crippen LogP contribution in [0.1, 0.15) is 67.6 Å². The molecule has 344 valence electrons. The maximum absolute atomic E-state index is 5.95. The molecule has 1 aliphatic heterocycles. The lowest BCUT2D eigenvalue weighted by Crippen LogP contribution is -2.41. The van der Waals surface area contributed by atoms with Gasteiger partial charge >= 0.3 is 7.12 Å². The molecule has 1 saturated heterocycles. The largest absolute Gasteiger partial charge is 0.500 e. The number of hydrogen-bond acceptors (Lipinski definition) is 17. The molecule has 7 heterocycles. The minimum atomic E-state index is -0.378. The molecule has 0 bridgehead atoms. The van der Waals surface area contributed by atoms with Crippen LogP contribution in [0, 0.1) is 41.5 Å². The zero-order valence-corrected chi connectivity index (χ0v) is 41.0. The smallest absolute Gasteiger partial charge is 0.399 e. The van der Waals surface area contributed by atoms with E-state index in [9.17, 15) is 0 Å². The summed E-state index contributed by atoms with van der Waals surface area (Å²) in [6, 6.07) is 16.0. The van der Waals surface area contributed by atoms with Gasteiger partial charge in [-0.2, -0.15) is 0 Å². The fraction of sp³-hybridized carbons (Fsp3) is 0.348. The molecule has 17 nitrogen and oxygen atoms in total. The summed E-state index contributed by atoms with van der Waals surface area (Å²) in [6.07, 6.45) is 5.29. The van der Waals surface area contributed by atoms with Gasteiger partial charge < -0.3 is 55.6 Å². The second kappa shape index (κ2) is 21.5. The van der Waals surface area contributed by atoms with Crippen LogP contribution < -0.4 is 38.2 Å². The Hall–Kier alpha value is -6.44. The Labute approximate surface area is 389 Å². The fourth-order valence-electron chi connectivity index (χ4n) is 6.80. The van der Waals surface area contributed by atoms with E-state index < -0.39 is 0 Å². The Kier molecular flexibility index (Phi) is 16.4. The number of aromatic nitrogens is 6. The van der Waals surface area contributed by atoms with E-state index in [1.807, 2.05) is 107 Å². The second-order valence-corrected chi connectivity index (χ2v) is 17.1. The lowest BCUT2D eigenvalue weighted by atomic mass is 9.77. The van der Waals surface area contributed by atoms with E-state index in [-0.39, 0.29) is 18.3 Å². The van der Waals surface area contributed by atoms with Gasteiger partial charge in [-0.25, -0.2) is 15.0 Å². The van der Waals surface area contributed by atoms with Gasteiger partial charge in [0.2, 0.25) is 0 Å². The van der Waals surface area contributed by atoms with Gasteiger partial charge in [0.05, 0.1) is 45.3 Å². The van der Waals surface area contributed by atoms with E-state index in [0.717, 1.165) is 84.6 Å². The van der Waals surface area contributed by atoms with Crippen molar-refractivity contribution < 1.29 is 22.9 Å². The third-order valence-corrected chi connectivity index (χ3v) is 11.4. The number of nitrogens with one attached hydrogen (secondary N) is 4. The normalized spacial score (nSPS) is 13.4. The molecule has 0 saturated carbocycles. The Morgan fingerprint density at radius 3 is 1.51 bits per heavy atom. The molecule has 0 aliphatic carbocycles. The summed E-state index contributed by atoms with van der Waals surface area (Å²) >= 11 is 3.26. The van der Waals surface area contributed by atoms with Crippen molar-refractivity contribution >= 4 is 63.0 Å². The predicted octanol–water partition coefficient (Wildman–Crippen LogP) is 9.04. The Morgan fingerprint density at radius 1 is 0.600 bits per heavy atom. The molecule has 6 aromatic heterocycles. The molecule has 7 aromatic rings. The van der Waals surface area contributed by atoms with Gasteiger partial charge in [0.1, 0.15) is 34.7 Å². The molecule has 1 aromatic carbocycles. The summed E-state index contributed by atoms with van der Waals surface area (Å²) in [5, 5.41) is 24.2.